The lowest BCUT2D eigenvalue weighted by Gasteiger charge is -2.05. The van der Waals surface area contributed by atoms with Gasteiger partial charge in [0.25, 0.3) is 5.91 Å². The van der Waals surface area contributed by atoms with Crippen LogP contribution in [-0.4, -0.2) is 27.7 Å². The van der Waals surface area contributed by atoms with Gasteiger partial charge in [-0.3, -0.25) is 9.89 Å². The number of H-pyrrole nitrogens is 1. The van der Waals surface area contributed by atoms with E-state index in [0.29, 0.717) is 24.5 Å². The van der Waals surface area contributed by atoms with Crippen LogP contribution in [0.5, 0.6) is 5.75 Å². The van der Waals surface area contributed by atoms with E-state index < -0.39 is 0 Å². The number of nitrogens with zero attached hydrogens (tertiary/aromatic N) is 2. The zero-order chi connectivity index (χ0) is 12.8. The molecule has 0 aliphatic carbocycles. The first-order chi connectivity index (χ1) is 8.79. The fourth-order valence-corrected chi connectivity index (χ4v) is 1.45. The molecule has 0 aliphatic rings. The smallest absolute Gasteiger partial charge is 0.251 e. The number of carbonyl (C=O) groups is 1. The van der Waals surface area contributed by atoms with Crippen LogP contribution in [0, 0.1) is 0 Å². The Morgan fingerprint density at radius 3 is 2.78 bits per heavy atom. The third kappa shape index (κ3) is 3.07. The van der Waals surface area contributed by atoms with E-state index in [0.717, 1.165) is 5.75 Å². The number of carbonyl (C=O) groups excluding carboxylic acids is 1. The van der Waals surface area contributed by atoms with Gasteiger partial charge in [-0.1, -0.05) is 0 Å². The molecule has 2 aromatic rings. The Balaban J connectivity index is 1.92. The van der Waals surface area contributed by atoms with Crippen molar-refractivity contribution < 1.29 is 9.53 Å². The van der Waals surface area contributed by atoms with Crippen molar-refractivity contribution in [1.29, 1.82) is 0 Å². The molecule has 0 bridgehead atoms. The van der Waals surface area contributed by atoms with E-state index in [1.54, 1.807) is 24.3 Å². The highest BCUT2D eigenvalue weighted by molar-refractivity contribution is 5.94. The lowest BCUT2D eigenvalue weighted by molar-refractivity contribution is 0.0950. The second-order valence-electron chi connectivity index (χ2n) is 3.57. The molecule has 1 amide bonds. The molecule has 0 saturated heterocycles. The Morgan fingerprint density at radius 1 is 1.39 bits per heavy atom. The molecule has 0 saturated carbocycles. The number of benzene rings is 1. The Kier molecular flexibility index (Phi) is 3.90. The van der Waals surface area contributed by atoms with Gasteiger partial charge in [0, 0.05) is 5.56 Å². The van der Waals surface area contributed by atoms with E-state index in [-0.39, 0.29) is 5.91 Å². The Labute approximate surface area is 104 Å². The maximum absolute atomic E-state index is 11.8. The second-order valence-corrected chi connectivity index (χ2v) is 3.57. The monoisotopic (exact) mass is 246 g/mol. The normalized spacial score (nSPS) is 10.1. The summed E-state index contributed by atoms with van der Waals surface area (Å²) in [7, 11) is 0. The molecule has 0 fully saturated rings. The molecule has 0 atom stereocenters. The van der Waals surface area contributed by atoms with Crippen LogP contribution in [0.3, 0.4) is 0 Å². The minimum Gasteiger partial charge on any atom is -0.494 e. The SMILES string of the molecule is CCOc1ccc(C(=O)NCc2ncn[nH]2)cc1. The number of amides is 1. The van der Waals surface area contributed by atoms with Crippen molar-refractivity contribution in [1.82, 2.24) is 20.5 Å². The molecule has 0 unspecified atom stereocenters. The maximum atomic E-state index is 11.8. The highest BCUT2D eigenvalue weighted by atomic mass is 16.5. The van der Waals surface area contributed by atoms with E-state index in [4.69, 9.17) is 4.74 Å². The zero-order valence-corrected chi connectivity index (χ0v) is 10.0. The van der Waals surface area contributed by atoms with Gasteiger partial charge in [-0.05, 0) is 31.2 Å². The van der Waals surface area contributed by atoms with E-state index in [9.17, 15) is 4.79 Å². The standard InChI is InChI=1S/C12H14N4O2/c1-2-18-10-5-3-9(4-6-10)12(17)13-7-11-14-8-15-16-11/h3-6,8H,2,7H2,1H3,(H,13,17)(H,14,15,16). The average molecular weight is 246 g/mol. The summed E-state index contributed by atoms with van der Waals surface area (Å²) in [6.45, 7) is 2.85. The molecule has 0 spiro atoms. The summed E-state index contributed by atoms with van der Waals surface area (Å²) < 4.78 is 5.30. The van der Waals surface area contributed by atoms with Crippen LogP contribution in [-0.2, 0) is 6.54 Å². The number of aromatic amines is 1. The Morgan fingerprint density at radius 2 is 2.17 bits per heavy atom. The van der Waals surface area contributed by atoms with Crippen LogP contribution < -0.4 is 10.1 Å². The summed E-state index contributed by atoms with van der Waals surface area (Å²) >= 11 is 0. The summed E-state index contributed by atoms with van der Waals surface area (Å²) in [5.74, 6) is 1.22. The minimum absolute atomic E-state index is 0.158. The van der Waals surface area contributed by atoms with Gasteiger partial charge in [0.1, 0.15) is 17.9 Å². The third-order valence-electron chi connectivity index (χ3n) is 2.31. The zero-order valence-electron chi connectivity index (χ0n) is 10.0. The molecule has 0 aliphatic heterocycles. The number of hydrogen-bond acceptors (Lipinski definition) is 4. The number of hydrogen-bond donors (Lipinski definition) is 2. The van der Waals surface area contributed by atoms with Gasteiger partial charge in [-0.2, -0.15) is 5.10 Å². The molecular formula is C12H14N4O2. The van der Waals surface area contributed by atoms with Crippen LogP contribution in [0.2, 0.25) is 0 Å². The maximum Gasteiger partial charge on any atom is 0.251 e. The van der Waals surface area contributed by atoms with Gasteiger partial charge in [-0.15, -0.1) is 0 Å². The van der Waals surface area contributed by atoms with Gasteiger partial charge in [0.15, 0.2) is 0 Å². The van der Waals surface area contributed by atoms with Crippen molar-refractivity contribution in [2.24, 2.45) is 0 Å². The first kappa shape index (κ1) is 12.1. The van der Waals surface area contributed by atoms with Crippen molar-refractivity contribution in [3.05, 3.63) is 42.0 Å². The lowest BCUT2D eigenvalue weighted by Crippen LogP contribution is -2.23. The van der Waals surface area contributed by atoms with Gasteiger partial charge in [-0.25, -0.2) is 4.98 Å². The Bertz CT molecular complexity index is 493. The predicted octanol–water partition coefficient (Wildman–Crippen LogP) is 1.13. The van der Waals surface area contributed by atoms with Crippen molar-refractivity contribution in [2.45, 2.75) is 13.5 Å². The highest BCUT2D eigenvalue weighted by Crippen LogP contribution is 2.11. The molecule has 2 N–H and O–H groups in total. The molecule has 6 heteroatoms. The molecule has 1 aromatic carbocycles. The minimum atomic E-state index is -0.158. The molecule has 1 aromatic heterocycles. The fourth-order valence-electron chi connectivity index (χ4n) is 1.45. The molecule has 18 heavy (non-hydrogen) atoms. The van der Waals surface area contributed by atoms with Crippen molar-refractivity contribution in [2.75, 3.05) is 6.61 Å². The van der Waals surface area contributed by atoms with Gasteiger partial charge in [0.2, 0.25) is 0 Å². The number of nitrogens with one attached hydrogen (secondary N) is 2. The van der Waals surface area contributed by atoms with E-state index >= 15 is 0 Å². The molecule has 6 nitrogen and oxygen atoms in total. The number of aromatic nitrogens is 3. The topological polar surface area (TPSA) is 79.9 Å². The summed E-state index contributed by atoms with van der Waals surface area (Å²) in [6, 6.07) is 6.99. The van der Waals surface area contributed by atoms with Crippen molar-refractivity contribution >= 4 is 5.91 Å². The molecular weight excluding hydrogens is 232 g/mol. The third-order valence-corrected chi connectivity index (χ3v) is 2.31. The predicted molar refractivity (Wildman–Crippen MR) is 65.2 cm³/mol. The van der Waals surface area contributed by atoms with Crippen LogP contribution in [0.4, 0.5) is 0 Å². The quantitative estimate of drug-likeness (QED) is 0.828. The highest BCUT2D eigenvalue weighted by Gasteiger charge is 2.06. The van der Waals surface area contributed by atoms with Crippen molar-refractivity contribution in [3.63, 3.8) is 0 Å². The molecule has 1 heterocycles. The van der Waals surface area contributed by atoms with Gasteiger partial charge < -0.3 is 10.1 Å². The first-order valence-electron chi connectivity index (χ1n) is 5.65. The molecule has 94 valence electrons. The van der Waals surface area contributed by atoms with Crippen LogP contribution in [0.15, 0.2) is 30.6 Å². The summed E-state index contributed by atoms with van der Waals surface area (Å²) in [6.07, 6.45) is 1.40. The van der Waals surface area contributed by atoms with Crippen LogP contribution in [0.25, 0.3) is 0 Å². The molecule has 2 rings (SSSR count). The van der Waals surface area contributed by atoms with E-state index in [1.165, 1.54) is 6.33 Å². The van der Waals surface area contributed by atoms with Gasteiger partial charge >= 0.3 is 0 Å². The van der Waals surface area contributed by atoms with Gasteiger partial charge in [0.05, 0.1) is 13.2 Å². The second kappa shape index (κ2) is 5.81. The number of ether oxygens (including phenoxy) is 1. The summed E-state index contributed by atoms with van der Waals surface area (Å²) in [5.41, 5.74) is 0.581. The molecule has 0 radical (unpaired) electrons. The van der Waals surface area contributed by atoms with Crippen LogP contribution >= 0.6 is 0 Å². The largest absolute Gasteiger partial charge is 0.494 e. The fraction of sp³-hybridized carbons (Fsp3) is 0.250. The Hall–Kier alpha value is -2.37. The van der Waals surface area contributed by atoms with Crippen molar-refractivity contribution in [3.8, 4) is 5.75 Å². The van der Waals surface area contributed by atoms with E-state index in [1.807, 2.05) is 6.92 Å². The summed E-state index contributed by atoms with van der Waals surface area (Å²) in [5, 5.41) is 9.11. The van der Waals surface area contributed by atoms with E-state index in [2.05, 4.69) is 20.5 Å². The lowest BCUT2D eigenvalue weighted by atomic mass is 10.2. The average Bonchev–Trinajstić information content (AvgIpc) is 2.90. The first-order valence-corrected chi connectivity index (χ1v) is 5.65. The van der Waals surface area contributed by atoms with Crippen LogP contribution in [0.1, 0.15) is 23.1 Å². The number of rotatable bonds is 5. The summed E-state index contributed by atoms with van der Waals surface area (Å²) in [4.78, 5) is 15.7.